The minimum Gasteiger partial charge on any atom is -0.481 e. The largest absolute Gasteiger partial charge is 0.481 e. The van der Waals surface area contributed by atoms with E-state index in [0.717, 1.165) is 12.0 Å². The van der Waals surface area contributed by atoms with Gasteiger partial charge in [0.1, 0.15) is 0 Å². The number of aliphatic carboxylic acids is 1. The van der Waals surface area contributed by atoms with Crippen LogP contribution in [0.25, 0.3) is 5.57 Å². The molecule has 1 aromatic heterocycles. The summed E-state index contributed by atoms with van der Waals surface area (Å²) in [5.74, 6) is -0.117. The standard InChI is InChI=1S/C13H18O2S/c1-9(2)8-11-5-6-12(16-11)10(3)4-7-13(14)15/h4-6,9H,7-8H2,1-3H3,(H,14,15)/b10-4+. The third-order valence-corrected chi connectivity index (χ3v) is 3.49. The van der Waals surface area contributed by atoms with Crippen LogP contribution >= 0.6 is 11.3 Å². The smallest absolute Gasteiger partial charge is 0.307 e. The average molecular weight is 238 g/mol. The van der Waals surface area contributed by atoms with Crippen LogP contribution in [0, 0.1) is 5.92 Å². The second-order valence-corrected chi connectivity index (χ2v) is 5.52. The van der Waals surface area contributed by atoms with E-state index in [0.29, 0.717) is 5.92 Å². The van der Waals surface area contributed by atoms with E-state index in [1.807, 2.05) is 6.92 Å². The van der Waals surface area contributed by atoms with Gasteiger partial charge in [0.15, 0.2) is 0 Å². The zero-order valence-corrected chi connectivity index (χ0v) is 10.8. The Morgan fingerprint density at radius 1 is 1.50 bits per heavy atom. The molecule has 0 radical (unpaired) electrons. The molecule has 88 valence electrons. The molecule has 1 aromatic rings. The maximum atomic E-state index is 10.4. The average Bonchev–Trinajstić information content (AvgIpc) is 2.61. The predicted molar refractivity (Wildman–Crippen MR) is 68.8 cm³/mol. The highest BCUT2D eigenvalue weighted by Crippen LogP contribution is 2.26. The van der Waals surface area contributed by atoms with E-state index < -0.39 is 5.97 Å². The lowest BCUT2D eigenvalue weighted by atomic mass is 10.1. The van der Waals surface area contributed by atoms with Crippen molar-refractivity contribution >= 4 is 22.9 Å². The molecular weight excluding hydrogens is 220 g/mol. The maximum Gasteiger partial charge on any atom is 0.307 e. The fourth-order valence-electron chi connectivity index (χ4n) is 1.44. The first-order valence-electron chi connectivity index (χ1n) is 5.46. The van der Waals surface area contributed by atoms with Crippen molar-refractivity contribution in [3.8, 4) is 0 Å². The van der Waals surface area contributed by atoms with Crippen LogP contribution in [-0.4, -0.2) is 11.1 Å². The van der Waals surface area contributed by atoms with E-state index in [-0.39, 0.29) is 6.42 Å². The summed E-state index contributed by atoms with van der Waals surface area (Å²) in [4.78, 5) is 13.0. The Kier molecular flexibility index (Phi) is 4.74. The minimum atomic E-state index is -0.779. The lowest BCUT2D eigenvalue weighted by molar-refractivity contribution is -0.135. The van der Waals surface area contributed by atoms with Gasteiger partial charge in [0.2, 0.25) is 0 Å². The molecular formula is C13H18O2S. The topological polar surface area (TPSA) is 37.3 Å². The van der Waals surface area contributed by atoms with Gasteiger partial charge in [0, 0.05) is 9.75 Å². The second kappa shape index (κ2) is 5.85. The summed E-state index contributed by atoms with van der Waals surface area (Å²) in [5.41, 5.74) is 1.06. The van der Waals surface area contributed by atoms with Gasteiger partial charge in [-0.1, -0.05) is 19.9 Å². The van der Waals surface area contributed by atoms with E-state index in [1.54, 1.807) is 17.4 Å². The lowest BCUT2D eigenvalue weighted by Gasteiger charge is -2.00. The van der Waals surface area contributed by atoms with Crippen molar-refractivity contribution < 1.29 is 9.90 Å². The Morgan fingerprint density at radius 3 is 2.75 bits per heavy atom. The predicted octanol–water partition coefficient (Wildman–Crippen LogP) is 3.82. The van der Waals surface area contributed by atoms with Crippen molar-refractivity contribution in [3.05, 3.63) is 28.0 Å². The molecule has 1 rings (SSSR count). The third-order valence-electron chi connectivity index (χ3n) is 2.24. The third kappa shape index (κ3) is 4.19. The van der Waals surface area contributed by atoms with Crippen LogP contribution in [0.2, 0.25) is 0 Å². The van der Waals surface area contributed by atoms with Gasteiger partial charge in [-0.15, -0.1) is 11.3 Å². The molecule has 0 aromatic carbocycles. The van der Waals surface area contributed by atoms with Gasteiger partial charge in [-0.3, -0.25) is 4.79 Å². The number of hydrogen-bond donors (Lipinski definition) is 1. The Balaban J connectivity index is 2.69. The molecule has 0 atom stereocenters. The van der Waals surface area contributed by atoms with Crippen LogP contribution in [-0.2, 0) is 11.2 Å². The second-order valence-electron chi connectivity index (χ2n) is 4.35. The quantitative estimate of drug-likeness (QED) is 0.846. The molecule has 0 saturated heterocycles. The first-order chi connectivity index (χ1) is 7.49. The highest BCUT2D eigenvalue weighted by atomic mass is 32.1. The van der Waals surface area contributed by atoms with Gasteiger partial charge in [-0.05, 0) is 37.0 Å². The summed E-state index contributed by atoms with van der Waals surface area (Å²) >= 11 is 1.76. The molecule has 0 bridgehead atoms. The van der Waals surface area contributed by atoms with Crippen LogP contribution in [0.3, 0.4) is 0 Å². The Hall–Kier alpha value is -1.09. The molecule has 0 amide bonds. The van der Waals surface area contributed by atoms with E-state index in [4.69, 9.17) is 5.11 Å². The number of carboxylic acids is 1. The Bertz CT molecular complexity index is 388. The first kappa shape index (κ1) is 13.0. The summed E-state index contributed by atoms with van der Waals surface area (Å²) in [6.45, 7) is 6.37. The van der Waals surface area contributed by atoms with Crippen molar-refractivity contribution in [3.63, 3.8) is 0 Å². The number of carbonyl (C=O) groups is 1. The fourth-order valence-corrected chi connectivity index (χ4v) is 2.66. The summed E-state index contributed by atoms with van der Waals surface area (Å²) < 4.78 is 0. The normalized spacial score (nSPS) is 12.1. The zero-order valence-electron chi connectivity index (χ0n) is 9.99. The molecule has 2 nitrogen and oxygen atoms in total. The number of hydrogen-bond acceptors (Lipinski definition) is 2. The van der Waals surface area contributed by atoms with Crippen molar-refractivity contribution in [2.45, 2.75) is 33.6 Å². The molecule has 0 saturated carbocycles. The monoisotopic (exact) mass is 238 g/mol. The van der Waals surface area contributed by atoms with Gasteiger partial charge in [0.05, 0.1) is 6.42 Å². The SMILES string of the molecule is C/C(=C\CC(=O)O)c1ccc(CC(C)C)s1. The fraction of sp³-hybridized carbons (Fsp3) is 0.462. The van der Waals surface area contributed by atoms with Gasteiger partial charge < -0.3 is 5.11 Å². The molecule has 0 unspecified atom stereocenters. The van der Waals surface area contributed by atoms with Crippen molar-refractivity contribution in [1.29, 1.82) is 0 Å². The van der Waals surface area contributed by atoms with Crippen molar-refractivity contribution in [2.24, 2.45) is 5.92 Å². The Morgan fingerprint density at radius 2 is 2.19 bits per heavy atom. The van der Waals surface area contributed by atoms with Crippen LogP contribution in [0.5, 0.6) is 0 Å². The van der Waals surface area contributed by atoms with Crippen LogP contribution in [0.1, 0.15) is 36.9 Å². The van der Waals surface area contributed by atoms with Gasteiger partial charge in [-0.2, -0.15) is 0 Å². The first-order valence-corrected chi connectivity index (χ1v) is 6.28. The highest BCUT2D eigenvalue weighted by Gasteiger charge is 2.04. The number of rotatable bonds is 5. The summed E-state index contributed by atoms with van der Waals surface area (Å²) in [5, 5.41) is 8.59. The van der Waals surface area contributed by atoms with E-state index in [1.165, 1.54) is 9.75 Å². The van der Waals surface area contributed by atoms with Crippen molar-refractivity contribution in [2.75, 3.05) is 0 Å². The summed E-state index contributed by atoms with van der Waals surface area (Å²) in [6, 6.07) is 4.22. The van der Waals surface area contributed by atoms with Gasteiger partial charge in [-0.25, -0.2) is 0 Å². The summed E-state index contributed by atoms with van der Waals surface area (Å²) in [6.07, 6.45) is 2.97. The molecule has 16 heavy (non-hydrogen) atoms. The molecule has 1 heterocycles. The van der Waals surface area contributed by atoms with Gasteiger partial charge in [0.25, 0.3) is 0 Å². The molecule has 0 aliphatic heterocycles. The maximum absolute atomic E-state index is 10.4. The lowest BCUT2D eigenvalue weighted by Crippen LogP contribution is -1.90. The van der Waals surface area contributed by atoms with Gasteiger partial charge >= 0.3 is 5.97 Å². The van der Waals surface area contributed by atoms with Crippen LogP contribution in [0.15, 0.2) is 18.2 Å². The minimum absolute atomic E-state index is 0.100. The molecule has 0 aliphatic carbocycles. The summed E-state index contributed by atoms with van der Waals surface area (Å²) in [7, 11) is 0. The Labute approximate surface area is 101 Å². The number of thiophene rings is 1. The van der Waals surface area contributed by atoms with Crippen LogP contribution in [0.4, 0.5) is 0 Å². The molecule has 0 fully saturated rings. The number of carboxylic acid groups (broad SMARTS) is 1. The molecule has 3 heteroatoms. The number of allylic oxidation sites excluding steroid dienone is 1. The molecule has 1 N–H and O–H groups in total. The molecule has 0 aliphatic rings. The van der Waals surface area contributed by atoms with Crippen molar-refractivity contribution in [1.82, 2.24) is 0 Å². The van der Waals surface area contributed by atoms with E-state index in [2.05, 4.69) is 26.0 Å². The zero-order chi connectivity index (χ0) is 12.1. The van der Waals surface area contributed by atoms with E-state index in [9.17, 15) is 4.79 Å². The molecule has 0 spiro atoms. The highest BCUT2D eigenvalue weighted by molar-refractivity contribution is 7.13. The van der Waals surface area contributed by atoms with E-state index >= 15 is 0 Å². The van der Waals surface area contributed by atoms with Crippen LogP contribution < -0.4 is 0 Å².